The summed E-state index contributed by atoms with van der Waals surface area (Å²) in [5, 5.41) is 12.4. The molecule has 1 amide bonds. The molecule has 0 aromatic heterocycles. The van der Waals surface area contributed by atoms with Gasteiger partial charge in [-0.2, -0.15) is 11.8 Å². The molecule has 1 atom stereocenters. The Hall–Kier alpha value is -1.07. The number of amides is 1. The molecule has 0 radical (unpaired) electrons. The van der Waals surface area contributed by atoms with Crippen molar-refractivity contribution in [3.8, 4) is 0 Å². The summed E-state index contributed by atoms with van der Waals surface area (Å²) < 4.78 is 13.2. The number of aliphatic hydroxyl groups excluding tert-OH is 1. The third-order valence-electron chi connectivity index (χ3n) is 3.11. The summed E-state index contributed by atoms with van der Waals surface area (Å²) in [6, 6.07) is 4.59. The molecule has 5 heteroatoms. The largest absolute Gasteiger partial charge is 0.392 e. The molecule has 1 aromatic carbocycles. The average molecular weight is 299 g/mol. The Labute approximate surface area is 124 Å². The van der Waals surface area contributed by atoms with Crippen molar-refractivity contribution >= 4 is 17.7 Å². The van der Waals surface area contributed by atoms with Gasteiger partial charge in [0, 0.05) is 12.3 Å². The second kappa shape index (κ2) is 8.27. The Balaban J connectivity index is 2.59. The molecule has 1 rings (SSSR count). The van der Waals surface area contributed by atoms with E-state index >= 15 is 0 Å². The Bertz CT molecular complexity index is 451. The second-order valence-corrected chi connectivity index (χ2v) is 6.00. The molecule has 0 saturated heterocycles. The number of hydrogen-bond acceptors (Lipinski definition) is 3. The molecule has 0 aliphatic heterocycles. The van der Waals surface area contributed by atoms with E-state index in [-0.39, 0.29) is 24.1 Å². The van der Waals surface area contributed by atoms with Crippen LogP contribution in [0.15, 0.2) is 18.2 Å². The Morgan fingerprint density at radius 1 is 1.40 bits per heavy atom. The van der Waals surface area contributed by atoms with Crippen LogP contribution in [-0.2, 0) is 17.1 Å². The summed E-state index contributed by atoms with van der Waals surface area (Å²) in [5.41, 5.74) is 1.80. The predicted molar refractivity (Wildman–Crippen MR) is 80.9 cm³/mol. The summed E-state index contributed by atoms with van der Waals surface area (Å²) in [4.78, 5) is 11.7. The molecule has 3 nitrogen and oxygen atoms in total. The predicted octanol–water partition coefficient (Wildman–Crippen LogP) is 2.71. The summed E-state index contributed by atoms with van der Waals surface area (Å²) in [7, 11) is 0. The van der Waals surface area contributed by atoms with Crippen LogP contribution in [-0.4, -0.2) is 23.4 Å². The SMILES string of the molecule is CSCc1cc(F)ccc1CNC(=O)CC(O)C(C)C. The van der Waals surface area contributed by atoms with Crippen LogP contribution >= 0.6 is 11.8 Å². The lowest BCUT2D eigenvalue weighted by Gasteiger charge is -2.15. The van der Waals surface area contributed by atoms with Gasteiger partial charge in [-0.1, -0.05) is 19.9 Å². The van der Waals surface area contributed by atoms with Crippen LogP contribution in [0, 0.1) is 11.7 Å². The number of halogens is 1. The molecule has 0 aliphatic carbocycles. The highest BCUT2D eigenvalue weighted by molar-refractivity contribution is 7.97. The van der Waals surface area contributed by atoms with Gasteiger partial charge in [-0.25, -0.2) is 4.39 Å². The van der Waals surface area contributed by atoms with Crippen LogP contribution in [0.2, 0.25) is 0 Å². The molecular formula is C15H22FNO2S. The van der Waals surface area contributed by atoms with Crippen molar-refractivity contribution in [3.05, 3.63) is 35.1 Å². The molecule has 20 heavy (non-hydrogen) atoms. The molecule has 112 valence electrons. The molecular weight excluding hydrogens is 277 g/mol. The minimum atomic E-state index is -0.631. The second-order valence-electron chi connectivity index (χ2n) is 5.14. The zero-order chi connectivity index (χ0) is 15.1. The van der Waals surface area contributed by atoms with E-state index in [1.807, 2.05) is 20.1 Å². The minimum Gasteiger partial charge on any atom is -0.392 e. The van der Waals surface area contributed by atoms with Gasteiger partial charge in [0.25, 0.3) is 0 Å². The number of nitrogens with one attached hydrogen (secondary N) is 1. The van der Waals surface area contributed by atoms with Crippen molar-refractivity contribution in [3.63, 3.8) is 0 Å². The zero-order valence-electron chi connectivity index (χ0n) is 12.1. The summed E-state index contributed by atoms with van der Waals surface area (Å²) in [6.07, 6.45) is 1.41. The molecule has 0 fully saturated rings. The van der Waals surface area contributed by atoms with Gasteiger partial charge in [-0.15, -0.1) is 0 Å². The van der Waals surface area contributed by atoms with Crippen LogP contribution < -0.4 is 5.32 Å². The monoisotopic (exact) mass is 299 g/mol. The molecule has 0 aliphatic rings. The summed E-state index contributed by atoms with van der Waals surface area (Å²) >= 11 is 1.61. The highest BCUT2D eigenvalue weighted by Gasteiger charge is 2.14. The van der Waals surface area contributed by atoms with Crippen LogP contribution in [0.5, 0.6) is 0 Å². The van der Waals surface area contributed by atoms with E-state index < -0.39 is 6.10 Å². The average Bonchev–Trinajstić information content (AvgIpc) is 2.38. The molecule has 1 unspecified atom stereocenters. The topological polar surface area (TPSA) is 49.3 Å². The number of carbonyl (C=O) groups is 1. The quantitative estimate of drug-likeness (QED) is 0.814. The van der Waals surface area contributed by atoms with E-state index in [9.17, 15) is 14.3 Å². The molecule has 0 heterocycles. The third-order valence-corrected chi connectivity index (χ3v) is 3.71. The number of benzene rings is 1. The molecule has 0 bridgehead atoms. The van der Waals surface area contributed by atoms with Gasteiger partial charge < -0.3 is 10.4 Å². The number of thioether (sulfide) groups is 1. The van der Waals surface area contributed by atoms with Crippen LogP contribution in [0.25, 0.3) is 0 Å². The Morgan fingerprint density at radius 3 is 2.70 bits per heavy atom. The van der Waals surface area contributed by atoms with Crippen LogP contribution in [0.1, 0.15) is 31.4 Å². The first-order valence-corrected chi connectivity index (χ1v) is 8.04. The standard InChI is InChI=1S/C15H22FNO2S/c1-10(2)14(18)7-15(19)17-8-11-4-5-13(16)6-12(11)9-20-3/h4-6,10,14,18H,7-9H2,1-3H3,(H,17,19). The molecule has 0 spiro atoms. The van der Waals surface area contributed by atoms with Crippen molar-refractivity contribution in [1.29, 1.82) is 0 Å². The summed E-state index contributed by atoms with van der Waals surface area (Å²) in [6.45, 7) is 4.10. The van der Waals surface area contributed by atoms with E-state index in [4.69, 9.17) is 0 Å². The van der Waals surface area contributed by atoms with Crippen LogP contribution in [0.4, 0.5) is 4.39 Å². The molecule has 2 N–H and O–H groups in total. The van der Waals surface area contributed by atoms with Gasteiger partial charge in [-0.3, -0.25) is 4.79 Å². The highest BCUT2D eigenvalue weighted by atomic mass is 32.2. The normalized spacial score (nSPS) is 12.5. The maximum atomic E-state index is 13.2. The lowest BCUT2D eigenvalue weighted by atomic mass is 10.0. The van der Waals surface area contributed by atoms with Gasteiger partial charge in [0.15, 0.2) is 0 Å². The minimum absolute atomic E-state index is 0.0543. The van der Waals surface area contributed by atoms with E-state index in [0.29, 0.717) is 12.3 Å². The molecule has 0 saturated carbocycles. The zero-order valence-corrected chi connectivity index (χ0v) is 13.0. The smallest absolute Gasteiger partial charge is 0.222 e. The maximum Gasteiger partial charge on any atom is 0.222 e. The van der Waals surface area contributed by atoms with Gasteiger partial charge in [0.1, 0.15) is 5.82 Å². The van der Waals surface area contributed by atoms with E-state index in [1.165, 1.54) is 12.1 Å². The fraction of sp³-hybridized carbons (Fsp3) is 0.533. The Kier molecular flexibility index (Phi) is 7.02. The van der Waals surface area contributed by atoms with Gasteiger partial charge in [0.05, 0.1) is 12.5 Å². The van der Waals surface area contributed by atoms with E-state index in [2.05, 4.69) is 5.32 Å². The number of carbonyl (C=O) groups excluding carboxylic acids is 1. The van der Waals surface area contributed by atoms with E-state index in [0.717, 1.165) is 11.1 Å². The van der Waals surface area contributed by atoms with Gasteiger partial charge in [0.2, 0.25) is 5.91 Å². The van der Waals surface area contributed by atoms with Gasteiger partial charge >= 0.3 is 0 Å². The van der Waals surface area contributed by atoms with Crippen molar-refractivity contribution in [1.82, 2.24) is 5.32 Å². The van der Waals surface area contributed by atoms with E-state index in [1.54, 1.807) is 17.8 Å². The first-order valence-electron chi connectivity index (χ1n) is 6.65. The van der Waals surface area contributed by atoms with Crippen LogP contribution in [0.3, 0.4) is 0 Å². The number of rotatable bonds is 7. The van der Waals surface area contributed by atoms with Crippen molar-refractivity contribution in [2.75, 3.05) is 6.26 Å². The van der Waals surface area contributed by atoms with Gasteiger partial charge in [-0.05, 0) is 35.4 Å². The third kappa shape index (κ3) is 5.51. The fourth-order valence-electron chi connectivity index (χ4n) is 1.75. The maximum absolute atomic E-state index is 13.2. The first-order chi connectivity index (χ1) is 9.43. The lowest BCUT2D eigenvalue weighted by molar-refractivity contribution is -0.123. The van der Waals surface area contributed by atoms with Crippen molar-refractivity contribution in [2.24, 2.45) is 5.92 Å². The highest BCUT2D eigenvalue weighted by Crippen LogP contribution is 2.16. The number of hydrogen-bond donors (Lipinski definition) is 2. The number of aliphatic hydroxyl groups is 1. The first kappa shape index (κ1) is 17.0. The van der Waals surface area contributed by atoms with Crippen molar-refractivity contribution in [2.45, 2.75) is 38.7 Å². The fourth-order valence-corrected chi connectivity index (χ4v) is 2.33. The summed E-state index contributed by atoms with van der Waals surface area (Å²) in [5.74, 6) is 0.306. The van der Waals surface area contributed by atoms with Crippen molar-refractivity contribution < 1.29 is 14.3 Å². The molecule has 1 aromatic rings. The lowest BCUT2D eigenvalue weighted by Crippen LogP contribution is -2.29. The Morgan fingerprint density at radius 2 is 2.10 bits per heavy atom.